The van der Waals surface area contributed by atoms with Gasteiger partial charge in [-0.05, 0) is 24.8 Å². The Morgan fingerprint density at radius 3 is 3.12 bits per heavy atom. The second-order valence-electron chi connectivity index (χ2n) is 4.23. The minimum absolute atomic E-state index is 0.202. The van der Waals surface area contributed by atoms with Crippen molar-refractivity contribution in [2.24, 2.45) is 0 Å². The Kier molecular flexibility index (Phi) is 3.93. The molecular weight excluding hydrogens is 222 g/mol. The summed E-state index contributed by atoms with van der Waals surface area (Å²) in [6.45, 7) is 1.91. The molecule has 0 aromatic rings. The molecule has 0 spiro atoms. The second kappa shape index (κ2) is 5.43. The lowest BCUT2D eigenvalue weighted by Crippen LogP contribution is -2.30. The monoisotopic (exact) mass is 239 g/mol. The van der Waals surface area contributed by atoms with E-state index in [1.54, 1.807) is 4.90 Å². The van der Waals surface area contributed by atoms with Gasteiger partial charge in [0.25, 0.3) is 0 Å². The molecule has 0 radical (unpaired) electrons. The number of allylic oxidation sites excluding steroid dienone is 3. The van der Waals surface area contributed by atoms with Crippen molar-refractivity contribution in [1.29, 1.82) is 0 Å². The van der Waals surface area contributed by atoms with Crippen LogP contribution in [0.4, 0.5) is 4.79 Å². The maximum Gasteiger partial charge on any atom is 0.410 e. The maximum absolute atomic E-state index is 11.7. The van der Waals surface area contributed by atoms with Crippen LogP contribution in [0.3, 0.4) is 0 Å². The van der Waals surface area contributed by atoms with Gasteiger partial charge in [0.15, 0.2) is 0 Å². The summed E-state index contributed by atoms with van der Waals surface area (Å²) in [6, 6.07) is 0. The third-order valence-electron chi connectivity index (χ3n) is 2.90. The van der Waals surface area contributed by atoms with E-state index in [2.05, 4.69) is 18.7 Å². The van der Waals surface area contributed by atoms with Gasteiger partial charge in [0.1, 0.15) is 6.61 Å². The van der Waals surface area contributed by atoms with Gasteiger partial charge in [0.05, 0.1) is 0 Å². The summed E-state index contributed by atoms with van der Waals surface area (Å²) in [5.74, 6) is 0. The minimum atomic E-state index is -0.202. The van der Waals surface area contributed by atoms with Crippen LogP contribution in [-0.4, -0.2) is 35.9 Å². The molecule has 4 heteroatoms. The fourth-order valence-electron chi connectivity index (χ4n) is 1.93. The molecule has 0 N–H and O–H groups in total. The van der Waals surface area contributed by atoms with Gasteiger partial charge in [-0.1, -0.05) is 18.2 Å². The highest BCUT2D eigenvalue weighted by Gasteiger charge is 2.24. The predicted octanol–water partition coefficient (Wildman–Crippen LogP) is 2.40. The van der Waals surface area contributed by atoms with E-state index in [4.69, 9.17) is 4.74 Å². The normalized spacial score (nSPS) is 24.4. The van der Waals surface area contributed by atoms with E-state index in [9.17, 15) is 4.79 Å². The first-order valence-corrected chi connectivity index (χ1v) is 6.21. The van der Waals surface area contributed by atoms with E-state index in [1.807, 2.05) is 12.2 Å². The van der Waals surface area contributed by atoms with Gasteiger partial charge in [-0.25, -0.2) is 4.79 Å². The van der Waals surface area contributed by atoms with Crippen LogP contribution in [0.1, 0.15) is 19.3 Å². The fourth-order valence-corrected chi connectivity index (χ4v) is 2.24. The Morgan fingerprint density at radius 1 is 1.62 bits per heavy atom. The number of carbonyl (C=O) groups excluding carboxylic acids is 1. The van der Waals surface area contributed by atoms with Crippen LogP contribution in [-0.2, 0) is 4.74 Å². The van der Waals surface area contributed by atoms with Crippen LogP contribution < -0.4 is 0 Å². The van der Waals surface area contributed by atoms with Crippen LogP contribution in [0.5, 0.6) is 0 Å². The lowest BCUT2D eigenvalue weighted by molar-refractivity contribution is 0.118. The lowest BCUT2D eigenvalue weighted by atomic mass is 10.1. The summed E-state index contributed by atoms with van der Waals surface area (Å²) in [5, 5.41) is 0.310. The van der Waals surface area contributed by atoms with Crippen LogP contribution >= 0.6 is 12.6 Å². The summed E-state index contributed by atoms with van der Waals surface area (Å²) in [6.07, 6.45) is 8.98. The van der Waals surface area contributed by atoms with E-state index in [0.29, 0.717) is 18.4 Å². The summed E-state index contributed by atoms with van der Waals surface area (Å²) in [5.41, 5.74) is 1.19. The van der Waals surface area contributed by atoms with Crippen molar-refractivity contribution >= 4 is 18.7 Å². The van der Waals surface area contributed by atoms with Crippen molar-refractivity contribution < 1.29 is 9.53 Å². The molecule has 1 aliphatic heterocycles. The van der Waals surface area contributed by atoms with Crippen molar-refractivity contribution in [3.8, 4) is 0 Å². The molecular formula is C12H17NO2S. The molecule has 16 heavy (non-hydrogen) atoms. The number of nitrogens with zero attached hydrogens (tertiary/aromatic N) is 1. The second-order valence-corrected chi connectivity index (χ2v) is 4.97. The van der Waals surface area contributed by atoms with E-state index in [-0.39, 0.29) is 6.09 Å². The van der Waals surface area contributed by atoms with Crippen molar-refractivity contribution in [2.75, 3.05) is 19.7 Å². The van der Waals surface area contributed by atoms with Gasteiger partial charge < -0.3 is 9.64 Å². The van der Waals surface area contributed by atoms with Crippen molar-refractivity contribution in [1.82, 2.24) is 4.90 Å². The topological polar surface area (TPSA) is 29.5 Å². The Balaban J connectivity index is 1.75. The zero-order chi connectivity index (χ0) is 11.4. The quantitative estimate of drug-likeness (QED) is 0.750. The number of amides is 1. The molecule has 1 amide bonds. The SMILES string of the molecule is O=C(OCC1=CC=CCC1)N1CCC(S)C1. The highest BCUT2D eigenvalue weighted by Crippen LogP contribution is 2.16. The molecule has 0 aromatic heterocycles. The minimum Gasteiger partial charge on any atom is -0.445 e. The molecule has 1 saturated heterocycles. The molecule has 0 aromatic carbocycles. The van der Waals surface area contributed by atoms with Crippen molar-refractivity contribution in [3.05, 3.63) is 23.8 Å². The highest BCUT2D eigenvalue weighted by atomic mass is 32.1. The number of ether oxygens (including phenoxy) is 1. The summed E-state index contributed by atoms with van der Waals surface area (Å²) in [7, 11) is 0. The van der Waals surface area contributed by atoms with Crippen LogP contribution in [0.2, 0.25) is 0 Å². The molecule has 88 valence electrons. The third-order valence-corrected chi connectivity index (χ3v) is 3.32. The van der Waals surface area contributed by atoms with Gasteiger partial charge in [-0.15, -0.1) is 0 Å². The fraction of sp³-hybridized carbons (Fsp3) is 0.583. The van der Waals surface area contributed by atoms with Crippen LogP contribution in [0.15, 0.2) is 23.8 Å². The third kappa shape index (κ3) is 3.04. The first-order valence-electron chi connectivity index (χ1n) is 5.70. The average molecular weight is 239 g/mol. The maximum atomic E-state index is 11.7. The first kappa shape index (κ1) is 11.6. The average Bonchev–Trinajstić information content (AvgIpc) is 2.74. The van der Waals surface area contributed by atoms with Crippen LogP contribution in [0, 0.1) is 0 Å². The number of carbonyl (C=O) groups is 1. The largest absolute Gasteiger partial charge is 0.445 e. The molecule has 2 rings (SSSR count). The smallest absolute Gasteiger partial charge is 0.410 e. The predicted molar refractivity (Wildman–Crippen MR) is 66.8 cm³/mol. The molecule has 3 nitrogen and oxygen atoms in total. The molecule has 0 saturated carbocycles. The zero-order valence-electron chi connectivity index (χ0n) is 9.26. The molecule has 1 aliphatic carbocycles. The lowest BCUT2D eigenvalue weighted by Gasteiger charge is -2.16. The van der Waals surface area contributed by atoms with Gasteiger partial charge in [-0.3, -0.25) is 0 Å². The molecule has 2 aliphatic rings. The first-order chi connectivity index (χ1) is 7.75. The van der Waals surface area contributed by atoms with E-state index < -0.39 is 0 Å². The van der Waals surface area contributed by atoms with Gasteiger partial charge in [-0.2, -0.15) is 12.6 Å². The summed E-state index contributed by atoms with van der Waals surface area (Å²) < 4.78 is 5.26. The van der Waals surface area contributed by atoms with E-state index in [1.165, 1.54) is 5.57 Å². The Morgan fingerprint density at radius 2 is 2.50 bits per heavy atom. The highest BCUT2D eigenvalue weighted by molar-refractivity contribution is 7.81. The number of hydrogen-bond donors (Lipinski definition) is 1. The standard InChI is InChI=1S/C12H17NO2S/c14-12(13-7-6-11(16)8-13)15-9-10-4-2-1-3-5-10/h1-2,4,11,16H,3,5-9H2. The molecule has 1 unspecified atom stereocenters. The van der Waals surface area contributed by atoms with E-state index in [0.717, 1.165) is 25.8 Å². The van der Waals surface area contributed by atoms with Gasteiger partial charge in [0, 0.05) is 18.3 Å². The van der Waals surface area contributed by atoms with Crippen molar-refractivity contribution in [2.45, 2.75) is 24.5 Å². The molecule has 1 heterocycles. The number of likely N-dealkylation sites (tertiary alicyclic amines) is 1. The van der Waals surface area contributed by atoms with Gasteiger partial charge in [0.2, 0.25) is 0 Å². The van der Waals surface area contributed by atoms with Crippen LogP contribution in [0.25, 0.3) is 0 Å². The number of thiol groups is 1. The van der Waals surface area contributed by atoms with E-state index >= 15 is 0 Å². The van der Waals surface area contributed by atoms with Crippen molar-refractivity contribution in [3.63, 3.8) is 0 Å². The Bertz CT molecular complexity index is 325. The Labute approximate surface area is 102 Å². The zero-order valence-corrected chi connectivity index (χ0v) is 10.2. The number of hydrogen-bond acceptors (Lipinski definition) is 3. The molecule has 1 fully saturated rings. The Hall–Kier alpha value is -0.900. The summed E-state index contributed by atoms with van der Waals surface area (Å²) in [4.78, 5) is 13.4. The molecule has 1 atom stereocenters. The number of rotatable bonds is 2. The summed E-state index contributed by atoms with van der Waals surface area (Å²) >= 11 is 4.35. The van der Waals surface area contributed by atoms with Gasteiger partial charge >= 0.3 is 6.09 Å². The molecule has 0 bridgehead atoms.